The Hall–Kier alpha value is -3.07. The number of carbonyl (C=O) groups is 4. The number of amides is 2. The van der Waals surface area contributed by atoms with Gasteiger partial charge in [0.25, 0.3) is 5.91 Å². The van der Waals surface area contributed by atoms with Crippen LogP contribution < -0.4 is 20.3 Å². The van der Waals surface area contributed by atoms with Crippen molar-refractivity contribution < 1.29 is 33.8 Å². The third kappa shape index (κ3) is 2.78. The number of rotatable bonds is 2. The van der Waals surface area contributed by atoms with Gasteiger partial charge in [0.2, 0.25) is 17.3 Å². The molecule has 1 aromatic carbocycles. The first-order valence-corrected chi connectivity index (χ1v) is 8.66. The quantitative estimate of drug-likeness (QED) is 0.632. The number of hydrogen-bond donors (Lipinski definition) is 3. The van der Waals surface area contributed by atoms with E-state index in [0.717, 1.165) is 6.08 Å². The lowest BCUT2D eigenvalue weighted by atomic mass is 9.75. The summed E-state index contributed by atoms with van der Waals surface area (Å²) < 4.78 is 11.0. The van der Waals surface area contributed by atoms with E-state index in [-0.39, 0.29) is 39.9 Å². The molecule has 0 radical (unpaired) electrons. The van der Waals surface area contributed by atoms with Crippen molar-refractivity contribution in [2.24, 2.45) is 5.92 Å². The predicted molar refractivity (Wildman–Crippen MR) is 96.5 cm³/mol. The van der Waals surface area contributed by atoms with Gasteiger partial charge in [0, 0.05) is 25.3 Å². The number of benzene rings is 1. The Balaban J connectivity index is 2.13. The van der Waals surface area contributed by atoms with Crippen molar-refractivity contribution >= 4 is 35.0 Å². The van der Waals surface area contributed by atoms with Crippen molar-refractivity contribution in [2.75, 3.05) is 7.11 Å². The molecule has 0 aromatic heterocycles. The highest BCUT2D eigenvalue weighted by Crippen LogP contribution is 2.52. The first-order valence-electron chi connectivity index (χ1n) is 8.28. The summed E-state index contributed by atoms with van der Waals surface area (Å²) in [7, 11) is 1.29. The Kier molecular flexibility index (Phi) is 4.80. The van der Waals surface area contributed by atoms with Gasteiger partial charge in [0.15, 0.2) is 11.5 Å². The molecule has 1 aliphatic carbocycles. The van der Waals surface area contributed by atoms with Crippen molar-refractivity contribution in [3.05, 3.63) is 34.1 Å². The topological polar surface area (TPSA) is 131 Å². The highest BCUT2D eigenvalue weighted by molar-refractivity contribution is 6.37. The van der Waals surface area contributed by atoms with Gasteiger partial charge in [-0.05, 0) is 6.07 Å². The minimum Gasteiger partial charge on any atom is -0.507 e. The molecule has 10 heteroatoms. The number of aliphatic hydroxyl groups is 1. The molecule has 1 aliphatic heterocycles. The largest absolute Gasteiger partial charge is 0.507 e. The van der Waals surface area contributed by atoms with Gasteiger partial charge in [-0.25, -0.2) is 0 Å². The Morgan fingerprint density at radius 1 is 1.36 bits per heavy atom. The molecule has 9 nitrogen and oxygen atoms in total. The lowest BCUT2D eigenvalue weighted by Crippen LogP contribution is -2.51. The number of halogens is 1. The highest BCUT2D eigenvalue weighted by Gasteiger charge is 2.59. The Morgan fingerprint density at radius 3 is 2.61 bits per heavy atom. The van der Waals surface area contributed by atoms with E-state index in [9.17, 15) is 24.3 Å². The molecule has 1 aromatic rings. The summed E-state index contributed by atoms with van der Waals surface area (Å²) in [5, 5.41) is 10.2. The summed E-state index contributed by atoms with van der Waals surface area (Å²) in [4.78, 5) is 48.3. The van der Waals surface area contributed by atoms with Gasteiger partial charge in [-0.1, -0.05) is 18.5 Å². The molecule has 0 saturated heterocycles. The number of hydrogen-bond acceptors (Lipinski definition) is 7. The molecule has 0 bridgehead atoms. The van der Waals surface area contributed by atoms with Gasteiger partial charge in [0.1, 0.15) is 17.1 Å². The molecule has 3 N–H and O–H groups in total. The van der Waals surface area contributed by atoms with Crippen LogP contribution in [0.4, 0.5) is 0 Å². The average molecular weight is 409 g/mol. The van der Waals surface area contributed by atoms with Crippen LogP contribution in [0.5, 0.6) is 11.5 Å². The molecular formula is C18H17ClN2O7. The molecule has 0 saturated carbocycles. The highest BCUT2D eigenvalue weighted by atomic mass is 35.5. The van der Waals surface area contributed by atoms with Crippen LogP contribution in [0.3, 0.4) is 0 Å². The maximum Gasteiger partial charge on any atom is 0.271 e. The standard InChI is InChI=1S/C18H17ClN2O7/c1-7-4-9(23)5-12(24)18(7)16(25)13-11(27-3)6-10(14(19)15(13)28-18)17(26)21-20-8(2)22/h5-7,24H,4H2,1-3H3,(H,20,22)(H,21,26)/t7-,18+/m1/s1. The Bertz CT molecular complexity index is 956. The van der Waals surface area contributed by atoms with Crippen LogP contribution in [0, 0.1) is 5.92 Å². The molecule has 3 rings (SSSR count). The van der Waals surface area contributed by atoms with Crippen LogP contribution in [0.15, 0.2) is 17.9 Å². The second kappa shape index (κ2) is 6.83. The fourth-order valence-corrected chi connectivity index (χ4v) is 3.64. The van der Waals surface area contributed by atoms with Crippen LogP contribution in [0.25, 0.3) is 0 Å². The molecule has 0 unspecified atom stereocenters. The Labute approximate surface area is 164 Å². The smallest absolute Gasteiger partial charge is 0.271 e. The summed E-state index contributed by atoms with van der Waals surface area (Å²) in [6, 6.07) is 1.23. The summed E-state index contributed by atoms with van der Waals surface area (Å²) in [6.45, 7) is 2.80. The van der Waals surface area contributed by atoms with Gasteiger partial charge >= 0.3 is 0 Å². The monoisotopic (exact) mass is 408 g/mol. The summed E-state index contributed by atoms with van der Waals surface area (Å²) in [6.07, 6.45) is 0.939. The third-order valence-electron chi connectivity index (χ3n) is 4.71. The number of ether oxygens (including phenoxy) is 2. The molecule has 2 aliphatic rings. The van der Waals surface area contributed by atoms with E-state index in [4.69, 9.17) is 21.1 Å². The zero-order chi connectivity index (χ0) is 20.8. The van der Waals surface area contributed by atoms with Crippen molar-refractivity contribution in [3.8, 4) is 11.5 Å². The van der Waals surface area contributed by atoms with E-state index < -0.39 is 34.9 Å². The van der Waals surface area contributed by atoms with Crippen molar-refractivity contribution in [3.63, 3.8) is 0 Å². The van der Waals surface area contributed by atoms with Crippen molar-refractivity contribution in [1.82, 2.24) is 10.9 Å². The molecule has 148 valence electrons. The number of allylic oxidation sites excluding steroid dienone is 1. The van der Waals surface area contributed by atoms with Gasteiger partial charge < -0.3 is 14.6 Å². The predicted octanol–water partition coefficient (Wildman–Crippen LogP) is 1.49. The molecule has 0 fully saturated rings. The second-order valence-electron chi connectivity index (χ2n) is 6.55. The van der Waals surface area contributed by atoms with Gasteiger partial charge in [-0.3, -0.25) is 30.0 Å². The van der Waals surface area contributed by atoms with E-state index in [0.29, 0.717) is 0 Å². The van der Waals surface area contributed by atoms with E-state index in [1.165, 1.54) is 20.1 Å². The zero-order valence-corrected chi connectivity index (χ0v) is 16.0. The summed E-state index contributed by atoms with van der Waals surface area (Å²) in [5.41, 5.74) is 2.32. The van der Waals surface area contributed by atoms with E-state index in [1.54, 1.807) is 6.92 Å². The Morgan fingerprint density at radius 2 is 2.04 bits per heavy atom. The van der Waals surface area contributed by atoms with E-state index in [2.05, 4.69) is 10.9 Å². The van der Waals surface area contributed by atoms with Gasteiger partial charge in [0.05, 0.1) is 17.7 Å². The third-order valence-corrected chi connectivity index (χ3v) is 5.08. The number of nitrogens with one attached hydrogen (secondary N) is 2. The first-order chi connectivity index (χ1) is 13.1. The number of methoxy groups -OCH3 is 1. The number of aliphatic hydroxyl groups excluding tert-OH is 1. The molecular weight excluding hydrogens is 392 g/mol. The number of carbonyl (C=O) groups excluding carboxylic acids is 4. The minimum absolute atomic E-state index is 0.00569. The van der Waals surface area contributed by atoms with Crippen LogP contribution >= 0.6 is 11.6 Å². The minimum atomic E-state index is -1.82. The van der Waals surface area contributed by atoms with Crippen LogP contribution in [0.1, 0.15) is 41.0 Å². The average Bonchev–Trinajstić information content (AvgIpc) is 2.94. The van der Waals surface area contributed by atoms with Gasteiger partial charge in [-0.15, -0.1) is 0 Å². The van der Waals surface area contributed by atoms with Crippen molar-refractivity contribution in [1.29, 1.82) is 0 Å². The van der Waals surface area contributed by atoms with E-state index >= 15 is 0 Å². The maximum atomic E-state index is 13.2. The molecule has 28 heavy (non-hydrogen) atoms. The number of Topliss-reactive ketones (excluding diaryl/α,β-unsaturated/α-hetero) is 1. The number of fused-ring (bicyclic) bond motifs is 1. The van der Waals surface area contributed by atoms with Crippen LogP contribution in [0.2, 0.25) is 5.02 Å². The molecule has 1 heterocycles. The summed E-state index contributed by atoms with van der Waals surface area (Å²) in [5.74, 6) is -3.56. The fourth-order valence-electron chi connectivity index (χ4n) is 3.36. The lowest BCUT2D eigenvalue weighted by molar-refractivity contribution is -0.120. The molecule has 2 amide bonds. The lowest BCUT2D eigenvalue weighted by Gasteiger charge is -2.34. The van der Waals surface area contributed by atoms with E-state index in [1.807, 2.05) is 0 Å². The van der Waals surface area contributed by atoms with Crippen LogP contribution in [-0.4, -0.2) is 41.2 Å². The maximum absolute atomic E-state index is 13.2. The van der Waals surface area contributed by atoms with Crippen LogP contribution in [-0.2, 0) is 9.59 Å². The normalized spacial score (nSPS) is 23.0. The number of ketones is 2. The van der Waals surface area contributed by atoms with Gasteiger partial charge in [-0.2, -0.15) is 0 Å². The SMILES string of the molecule is COc1cc(C(=O)NNC(C)=O)c(Cl)c2c1C(=O)[C@@]1(O2)C(O)=CC(=O)C[C@H]1C. The second-order valence-corrected chi connectivity index (χ2v) is 6.93. The summed E-state index contributed by atoms with van der Waals surface area (Å²) >= 11 is 6.31. The van der Waals surface area contributed by atoms with Crippen molar-refractivity contribution in [2.45, 2.75) is 25.9 Å². The molecule has 2 atom stereocenters. The first kappa shape index (κ1) is 19.7. The zero-order valence-electron chi connectivity index (χ0n) is 15.2. The fraction of sp³-hybridized carbons (Fsp3) is 0.333. The number of hydrazine groups is 1. The molecule has 1 spiro atoms.